The lowest BCUT2D eigenvalue weighted by molar-refractivity contribution is -0.123. The van der Waals surface area contributed by atoms with Crippen molar-refractivity contribution >= 4 is 11.6 Å². The second kappa shape index (κ2) is 9.08. The van der Waals surface area contributed by atoms with Crippen molar-refractivity contribution in [2.45, 2.75) is 33.7 Å². The van der Waals surface area contributed by atoms with Gasteiger partial charge in [-0.3, -0.25) is 4.79 Å². The van der Waals surface area contributed by atoms with Gasteiger partial charge in [-0.15, -0.1) is 15.3 Å². The van der Waals surface area contributed by atoms with Crippen molar-refractivity contribution in [3.05, 3.63) is 65.9 Å². The molecule has 2 aromatic carbocycles. The number of hydrogen-bond donors (Lipinski definition) is 1. The van der Waals surface area contributed by atoms with Gasteiger partial charge in [0.2, 0.25) is 11.8 Å². The predicted molar refractivity (Wildman–Crippen MR) is 117 cm³/mol. The molecule has 1 N–H and O–H groups in total. The molecule has 1 amide bonds. The lowest BCUT2D eigenvalue weighted by Crippen LogP contribution is -2.27. The molecule has 0 aliphatic rings. The Hall–Kier alpha value is -4.02. The summed E-state index contributed by atoms with van der Waals surface area (Å²) in [5.74, 6) is -1.71. The molecule has 0 aliphatic carbocycles. The monoisotopic (exact) mass is 470 g/mol. The number of aromatic nitrogens is 5. The Bertz CT molecular complexity index is 1330. The third-order valence-electron chi connectivity index (χ3n) is 4.90. The van der Waals surface area contributed by atoms with Crippen molar-refractivity contribution in [3.8, 4) is 22.7 Å². The quantitative estimate of drug-likeness (QED) is 0.421. The highest BCUT2D eigenvalue weighted by Crippen LogP contribution is 2.26. The molecule has 0 fully saturated rings. The number of benzene rings is 2. The van der Waals surface area contributed by atoms with Crippen LogP contribution in [0.5, 0.6) is 0 Å². The van der Waals surface area contributed by atoms with E-state index in [-0.39, 0.29) is 23.9 Å². The molecule has 0 atom stereocenters. The number of carbonyl (C=O) groups excluding carboxylic acids is 1. The average molecular weight is 470 g/mol. The van der Waals surface area contributed by atoms with Crippen molar-refractivity contribution in [2.75, 3.05) is 5.32 Å². The van der Waals surface area contributed by atoms with E-state index in [1.54, 1.807) is 24.4 Å². The molecule has 2 aromatic heterocycles. The van der Waals surface area contributed by atoms with Crippen LogP contribution in [0.3, 0.4) is 0 Å². The summed E-state index contributed by atoms with van der Waals surface area (Å²) in [6.45, 7) is 5.57. The molecule has 0 bridgehead atoms. The Morgan fingerprint density at radius 3 is 2.56 bits per heavy atom. The number of nitrogens with zero attached hydrogens (tertiary/aromatic N) is 5. The maximum absolute atomic E-state index is 14.6. The van der Waals surface area contributed by atoms with E-state index in [9.17, 15) is 18.0 Å². The normalized spacial score (nSPS) is 11.7. The molecular formula is C23H21F3N6O2. The van der Waals surface area contributed by atoms with Crippen LogP contribution in [0, 0.1) is 11.2 Å². The van der Waals surface area contributed by atoms with E-state index in [0.29, 0.717) is 16.9 Å². The van der Waals surface area contributed by atoms with Crippen LogP contribution >= 0.6 is 0 Å². The molecule has 0 radical (unpaired) electrons. The fourth-order valence-electron chi connectivity index (χ4n) is 3.01. The number of anilines is 1. The minimum absolute atomic E-state index is 0.0890. The van der Waals surface area contributed by atoms with Gasteiger partial charge in [0.25, 0.3) is 5.89 Å². The minimum Gasteiger partial charge on any atom is -0.415 e. The summed E-state index contributed by atoms with van der Waals surface area (Å²) in [7, 11) is 0. The van der Waals surface area contributed by atoms with E-state index in [2.05, 4.69) is 25.8 Å². The number of hydrogen-bond acceptors (Lipinski definition) is 6. The fourth-order valence-corrected chi connectivity index (χ4v) is 3.01. The number of halogens is 3. The van der Waals surface area contributed by atoms with Crippen LogP contribution in [0.1, 0.15) is 38.7 Å². The highest BCUT2D eigenvalue weighted by molar-refractivity contribution is 5.95. The van der Waals surface area contributed by atoms with Crippen molar-refractivity contribution in [2.24, 2.45) is 5.41 Å². The second-order valence-corrected chi connectivity index (χ2v) is 8.64. The van der Waals surface area contributed by atoms with Gasteiger partial charge in [0.1, 0.15) is 11.5 Å². The maximum atomic E-state index is 14.6. The molecule has 4 aromatic rings. The molecule has 0 saturated heterocycles. The van der Waals surface area contributed by atoms with Crippen molar-refractivity contribution in [1.29, 1.82) is 0 Å². The molecule has 0 saturated carbocycles. The number of alkyl halides is 2. The largest absolute Gasteiger partial charge is 0.415 e. The molecule has 8 nitrogen and oxygen atoms in total. The van der Waals surface area contributed by atoms with E-state index >= 15 is 0 Å². The Balaban J connectivity index is 1.49. The summed E-state index contributed by atoms with van der Waals surface area (Å²) in [4.78, 5) is 12.2. The van der Waals surface area contributed by atoms with Gasteiger partial charge in [-0.1, -0.05) is 44.2 Å². The Labute approximate surface area is 192 Å². The third-order valence-corrected chi connectivity index (χ3v) is 4.90. The molecule has 0 spiro atoms. The summed E-state index contributed by atoms with van der Waals surface area (Å²) < 4.78 is 46.2. The van der Waals surface area contributed by atoms with Crippen LogP contribution in [-0.4, -0.2) is 31.1 Å². The predicted octanol–water partition coefficient (Wildman–Crippen LogP) is 5.10. The molecule has 0 aliphatic heterocycles. The van der Waals surface area contributed by atoms with Crippen LogP contribution < -0.4 is 5.32 Å². The third kappa shape index (κ3) is 5.13. The number of nitrogens with one attached hydrogen (secondary N) is 1. The summed E-state index contributed by atoms with van der Waals surface area (Å²) in [5.41, 5.74) is 1.88. The van der Waals surface area contributed by atoms with Crippen molar-refractivity contribution < 1.29 is 22.4 Å². The summed E-state index contributed by atoms with van der Waals surface area (Å²) in [6, 6.07) is 11.3. The van der Waals surface area contributed by atoms with Crippen LogP contribution in [0.25, 0.3) is 22.7 Å². The van der Waals surface area contributed by atoms with Gasteiger partial charge in [-0.05, 0) is 24.3 Å². The van der Waals surface area contributed by atoms with Crippen LogP contribution in [0.4, 0.5) is 18.9 Å². The average Bonchev–Trinajstić information content (AvgIpc) is 3.45. The SMILES string of the molecule is CC(C)(C)C(=O)Nc1cccc(-c2cn(Cc3ccc(-c4nnc(C(F)F)o4)cc3F)nn2)c1. The minimum atomic E-state index is -2.90. The van der Waals surface area contributed by atoms with Gasteiger partial charge in [0.15, 0.2) is 0 Å². The van der Waals surface area contributed by atoms with Crippen molar-refractivity contribution in [1.82, 2.24) is 25.2 Å². The van der Waals surface area contributed by atoms with Gasteiger partial charge in [0, 0.05) is 27.8 Å². The molecule has 176 valence electrons. The van der Waals surface area contributed by atoms with E-state index in [4.69, 9.17) is 4.42 Å². The summed E-state index contributed by atoms with van der Waals surface area (Å²) in [5, 5.41) is 17.8. The van der Waals surface area contributed by atoms with Gasteiger partial charge >= 0.3 is 6.43 Å². The first-order chi connectivity index (χ1) is 16.1. The first-order valence-corrected chi connectivity index (χ1v) is 10.3. The molecule has 2 heterocycles. The lowest BCUT2D eigenvalue weighted by atomic mass is 9.95. The molecule has 4 rings (SSSR count). The zero-order chi connectivity index (χ0) is 24.5. The maximum Gasteiger partial charge on any atom is 0.314 e. The zero-order valence-corrected chi connectivity index (χ0v) is 18.6. The second-order valence-electron chi connectivity index (χ2n) is 8.64. The Kier molecular flexibility index (Phi) is 6.18. The smallest absolute Gasteiger partial charge is 0.314 e. The standard InChI is InChI=1S/C23H21F3N6O2/c1-23(2,3)22(33)27-16-6-4-5-13(9-16)18-12-32(31-28-18)11-15-8-7-14(10-17(15)24)20-29-30-21(34-20)19(25)26/h4-10,12,19H,11H2,1-3H3,(H,27,33). The van der Waals surface area contributed by atoms with E-state index in [1.165, 1.54) is 16.8 Å². The van der Waals surface area contributed by atoms with Gasteiger partial charge < -0.3 is 9.73 Å². The van der Waals surface area contributed by atoms with Crippen LogP contribution in [0.15, 0.2) is 53.1 Å². The highest BCUT2D eigenvalue weighted by atomic mass is 19.3. The van der Waals surface area contributed by atoms with E-state index < -0.39 is 23.5 Å². The Morgan fingerprint density at radius 1 is 1.09 bits per heavy atom. The highest BCUT2D eigenvalue weighted by Gasteiger charge is 2.21. The first-order valence-electron chi connectivity index (χ1n) is 10.3. The van der Waals surface area contributed by atoms with Gasteiger partial charge in [-0.2, -0.15) is 8.78 Å². The summed E-state index contributed by atoms with van der Waals surface area (Å²) in [6.07, 6.45) is -1.24. The van der Waals surface area contributed by atoms with E-state index in [1.807, 2.05) is 26.8 Å². The Morgan fingerprint density at radius 2 is 1.88 bits per heavy atom. The van der Waals surface area contributed by atoms with Crippen LogP contribution in [0.2, 0.25) is 0 Å². The van der Waals surface area contributed by atoms with E-state index in [0.717, 1.165) is 11.6 Å². The topological polar surface area (TPSA) is 98.7 Å². The first kappa shape index (κ1) is 23.1. The zero-order valence-electron chi connectivity index (χ0n) is 18.6. The van der Waals surface area contributed by atoms with Gasteiger partial charge in [0.05, 0.1) is 12.7 Å². The number of amides is 1. The molecule has 11 heteroatoms. The molecule has 0 unspecified atom stereocenters. The number of rotatable bonds is 6. The van der Waals surface area contributed by atoms with Gasteiger partial charge in [-0.25, -0.2) is 9.07 Å². The number of carbonyl (C=O) groups is 1. The molecule has 34 heavy (non-hydrogen) atoms. The molecular weight excluding hydrogens is 449 g/mol. The summed E-state index contributed by atoms with van der Waals surface area (Å²) >= 11 is 0. The van der Waals surface area contributed by atoms with Crippen molar-refractivity contribution in [3.63, 3.8) is 0 Å². The lowest BCUT2D eigenvalue weighted by Gasteiger charge is -2.17. The van der Waals surface area contributed by atoms with Crippen LogP contribution in [-0.2, 0) is 11.3 Å². The fraction of sp³-hybridized carbons (Fsp3) is 0.261.